The third kappa shape index (κ3) is 2.69. The van der Waals surface area contributed by atoms with E-state index in [0.29, 0.717) is 5.56 Å². The highest BCUT2D eigenvalue weighted by atomic mass is 19.1. The molecule has 0 saturated heterocycles. The van der Waals surface area contributed by atoms with Gasteiger partial charge >= 0.3 is 0 Å². The normalized spacial score (nSPS) is 13.3. The minimum Gasteiger partial charge on any atom is -0.323 e. The van der Waals surface area contributed by atoms with Crippen molar-refractivity contribution in [3.63, 3.8) is 0 Å². The van der Waals surface area contributed by atoms with Crippen molar-refractivity contribution in [2.45, 2.75) is 32.2 Å². The molecule has 1 unspecified atom stereocenters. The summed E-state index contributed by atoms with van der Waals surface area (Å²) in [4.78, 5) is 0. The molecule has 0 aromatic heterocycles. The maximum atomic E-state index is 13.3. The maximum Gasteiger partial charge on any atom is 0.126 e. The Morgan fingerprint density at radius 1 is 1.05 bits per heavy atom. The summed E-state index contributed by atoms with van der Waals surface area (Å²) in [5.74, 6) is -0.187. The van der Waals surface area contributed by atoms with Gasteiger partial charge in [-0.1, -0.05) is 56.3 Å². The van der Waals surface area contributed by atoms with Gasteiger partial charge in [-0.3, -0.25) is 0 Å². The predicted molar refractivity (Wildman–Crippen MR) is 77.5 cm³/mol. The quantitative estimate of drug-likeness (QED) is 0.879. The first-order chi connectivity index (χ1) is 8.93. The Balaban J connectivity index is 2.37. The Bertz CT molecular complexity index is 561. The zero-order valence-electron chi connectivity index (χ0n) is 11.7. The van der Waals surface area contributed by atoms with Gasteiger partial charge in [0, 0.05) is 11.5 Å². The van der Waals surface area contributed by atoms with Crippen LogP contribution in [0.3, 0.4) is 0 Å². The van der Waals surface area contributed by atoms with Crippen LogP contribution >= 0.6 is 0 Å². The summed E-state index contributed by atoms with van der Waals surface area (Å²) in [5, 5.41) is 0. The van der Waals surface area contributed by atoms with Crippen molar-refractivity contribution in [2.24, 2.45) is 5.73 Å². The van der Waals surface area contributed by atoms with Gasteiger partial charge in [-0.2, -0.15) is 0 Å². The van der Waals surface area contributed by atoms with E-state index in [1.807, 2.05) is 24.3 Å². The predicted octanol–water partition coefficient (Wildman–Crippen LogP) is 4.11. The molecule has 2 aromatic rings. The second kappa shape index (κ2) is 5.14. The highest BCUT2D eigenvalue weighted by Crippen LogP contribution is 2.35. The van der Waals surface area contributed by atoms with Gasteiger partial charge in [0.05, 0.1) is 0 Å². The summed E-state index contributed by atoms with van der Waals surface area (Å²) in [6, 6.07) is 15.1. The molecule has 100 valence electrons. The van der Waals surface area contributed by atoms with E-state index >= 15 is 0 Å². The van der Waals surface area contributed by atoms with Crippen molar-refractivity contribution < 1.29 is 4.39 Å². The number of hydrogen-bond donors (Lipinski definition) is 1. The average Bonchev–Trinajstić information content (AvgIpc) is 2.42. The van der Waals surface area contributed by atoms with E-state index in [9.17, 15) is 4.39 Å². The second-order valence-corrected chi connectivity index (χ2v) is 5.57. The van der Waals surface area contributed by atoms with Crippen LogP contribution in [0.1, 0.15) is 36.6 Å². The van der Waals surface area contributed by atoms with Crippen molar-refractivity contribution in [1.82, 2.24) is 0 Å². The van der Waals surface area contributed by atoms with Gasteiger partial charge in [0.25, 0.3) is 0 Å². The molecule has 0 heterocycles. The summed E-state index contributed by atoms with van der Waals surface area (Å²) < 4.78 is 13.3. The molecule has 1 atom stereocenters. The highest BCUT2D eigenvalue weighted by Gasteiger charge is 2.29. The monoisotopic (exact) mass is 257 g/mol. The Morgan fingerprint density at radius 2 is 1.68 bits per heavy atom. The number of hydrogen-bond acceptors (Lipinski definition) is 1. The lowest BCUT2D eigenvalue weighted by Crippen LogP contribution is -2.33. The topological polar surface area (TPSA) is 26.0 Å². The number of rotatable bonds is 3. The fourth-order valence-electron chi connectivity index (χ4n) is 2.33. The molecule has 0 aliphatic rings. The van der Waals surface area contributed by atoms with Gasteiger partial charge < -0.3 is 5.73 Å². The third-order valence-corrected chi connectivity index (χ3v) is 3.84. The smallest absolute Gasteiger partial charge is 0.126 e. The molecule has 0 amide bonds. The zero-order valence-corrected chi connectivity index (χ0v) is 11.7. The largest absolute Gasteiger partial charge is 0.323 e. The number of benzene rings is 2. The molecule has 2 N–H and O–H groups in total. The maximum absolute atomic E-state index is 13.3. The van der Waals surface area contributed by atoms with Gasteiger partial charge in [0.15, 0.2) is 0 Å². The van der Waals surface area contributed by atoms with Crippen LogP contribution in [0.25, 0.3) is 0 Å². The van der Waals surface area contributed by atoms with Crippen molar-refractivity contribution >= 4 is 0 Å². The van der Waals surface area contributed by atoms with E-state index in [-0.39, 0.29) is 17.3 Å². The van der Waals surface area contributed by atoms with Crippen LogP contribution in [0, 0.1) is 12.7 Å². The molecule has 2 aromatic carbocycles. The van der Waals surface area contributed by atoms with E-state index in [4.69, 9.17) is 5.73 Å². The summed E-state index contributed by atoms with van der Waals surface area (Å²) in [7, 11) is 0. The highest BCUT2D eigenvalue weighted by molar-refractivity contribution is 5.33. The Morgan fingerprint density at radius 3 is 2.26 bits per heavy atom. The number of halogens is 1. The van der Waals surface area contributed by atoms with Crippen LogP contribution in [0.4, 0.5) is 4.39 Å². The molecule has 0 fully saturated rings. The molecule has 0 aliphatic heterocycles. The fraction of sp³-hybridized carbons (Fsp3) is 0.294. The van der Waals surface area contributed by atoms with Crippen LogP contribution < -0.4 is 5.73 Å². The van der Waals surface area contributed by atoms with Crippen LogP contribution in [-0.4, -0.2) is 0 Å². The lowest BCUT2D eigenvalue weighted by atomic mass is 9.75. The Labute approximate surface area is 114 Å². The van der Waals surface area contributed by atoms with Gasteiger partial charge in [-0.15, -0.1) is 0 Å². The van der Waals surface area contributed by atoms with E-state index in [1.54, 1.807) is 13.0 Å². The molecule has 0 saturated carbocycles. The standard InChI is InChI=1S/C17H20FN/c1-12-11-13(9-10-15(12)18)16(19)17(2,3)14-7-5-4-6-8-14/h4-11,16H,19H2,1-3H3. The van der Waals surface area contributed by atoms with Crippen molar-refractivity contribution in [3.8, 4) is 0 Å². The van der Waals surface area contributed by atoms with E-state index in [2.05, 4.69) is 26.0 Å². The molecular formula is C17H20FN. The minimum absolute atomic E-state index is 0.172. The first-order valence-electron chi connectivity index (χ1n) is 6.50. The number of nitrogens with two attached hydrogens (primary N) is 1. The summed E-state index contributed by atoms with van der Waals surface area (Å²) in [6.07, 6.45) is 0. The lowest BCUT2D eigenvalue weighted by Gasteiger charge is -2.32. The Kier molecular flexibility index (Phi) is 3.72. The molecule has 0 bridgehead atoms. The second-order valence-electron chi connectivity index (χ2n) is 5.57. The van der Waals surface area contributed by atoms with Crippen LogP contribution in [0.5, 0.6) is 0 Å². The lowest BCUT2D eigenvalue weighted by molar-refractivity contribution is 0.420. The van der Waals surface area contributed by atoms with Crippen LogP contribution in [0.2, 0.25) is 0 Å². The average molecular weight is 257 g/mol. The zero-order chi connectivity index (χ0) is 14.0. The summed E-state index contributed by atoms with van der Waals surface area (Å²) in [6.45, 7) is 6.00. The first-order valence-corrected chi connectivity index (χ1v) is 6.50. The molecular weight excluding hydrogens is 237 g/mol. The SMILES string of the molecule is Cc1cc(C(N)C(C)(C)c2ccccc2)ccc1F. The van der Waals surface area contributed by atoms with Crippen LogP contribution in [0.15, 0.2) is 48.5 Å². The van der Waals surface area contributed by atoms with E-state index < -0.39 is 0 Å². The van der Waals surface area contributed by atoms with Gasteiger partial charge in [0.1, 0.15) is 5.82 Å². The molecule has 0 aliphatic carbocycles. The van der Waals surface area contributed by atoms with Crippen molar-refractivity contribution in [2.75, 3.05) is 0 Å². The molecule has 2 rings (SSSR count). The number of aryl methyl sites for hydroxylation is 1. The Hall–Kier alpha value is -1.67. The van der Waals surface area contributed by atoms with Crippen molar-refractivity contribution in [3.05, 3.63) is 71.0 Å². The van der Waals surface area contributed by atoms with E-state index in [0.717, 1.165) is 5.56 Å². The molecule has 2 heteroatoms. The third-order valence-electron chi connectivity index (χ3n) is 3.84. The molecule has 0 spiro atoms. The fourth-order valence-corrected chi connectivity index (χ4v) is 2.33. The summed E-state index contributed by atoms with van der Waals surface area (Å²) >= 11 is 0. The molecule has 1 nitrogen and oxygen atoms in total. The minimum atomic E-state index is -0.203. The van der Waals surface area contributed by atoms with Gasteiger partial charge in [0.2, 0.25) is 0 Å². The summed E-state index contributed by atoms with van der Waals surface area (Å²) in [5.41, 5.74) is 8.98. The van der Waals surface area contributed by atoms with Gasteiger partial charge in [-0.25, -0.2) is 4.39 Å². The molecule has 0 radical (unpaired) electrons. The first kappa shape index (κ1) is 13.8. The van der Waals surface area contributed by atoms with E-state index in [1.165, 1.54) is 11.6 Å². The van der Waals surface area contributed by atoms with Crippen LogP contribution in [-0.2, 0) is 5.41 Å². The van der Waals surface area contributed by atoms with Crippen molar-refractivity contribution in [1.29, 1.82) is 0 Å². The van der Waals surface area contributed by atoms with Gasteiger partial charge in [-0.05, 0) is 29.7 Å². The molecule has 19 heavy (non-hydrogen) atoms.